The Hall–Kier alpha value is -3.15. The maximum Gasteiger partial charge on any atom is 0.407 e. The third kappa shape index (κ3) is 3.43. The molecule has 0 aromatic heterocycles. The summed E-state index contributed by atoms with van der Waals surface area (Å²) < 4.78 is 5.25. The molecule has 27 heavy (non-hydrogen) atoms. The first-order chi connectivity index (χ1) is 13.1. The van der Waals surface area contributed by atoms with Gasteiger partial charge >= 0.3 is 6.09 Å². The fraction of sp³-hybridized carbons (Fsp3) is 0.286. The number of hydrogen-bond acceptors (Lipinski definition) is 4. The largest absolute Gasteiger partial charge is 0.445 e. The van der Waals surface area contributed by atoms with Crippen molar-refractivity contribution in [3.63, 3.8) is 0 Å². The zero-order chi connectivity index (χ0) is 18.8. The number of ether oxygens (including phenoxy) is 1. The Bertz CT molecular complexity index is 846. The highest BCUT2D eigenvalue weighted by atomic mass is 16.5. The molecule has 0 radical (unpaired) electrons. The summed E-state index contributed by atoms with van der Waals surface area (Å²) in [5.41, 5.74) is 1.83. The quantitative estimate of drug-likeness (QED) is 0.828. The molecule has 1 fully saturated rings. The van der Waals surface area contributed by atoms with E-state index >= 15 is 0 Å². The number of benzene rings is 2. The highest BCUT2D eigenvalue weighted by Gasteiger charge is 2.41. The van der Waals surface area contributed by atoms with E-state index in [4.69, 9.17) is 4.74 Å². The minimum atomic E-state index is -0.476. The van der Waals surface area contributed by atoms with E-state index in [1.54, 1.807) is 24.3 Å². The van der Waals surface area contributed by atoms with Crippen LogP contribution in [0.1, 0.15) is 39.1 Å². The van der Waals surface area contributed by atoms with Gasteiger partial charge in [0.15, 0.2) is 0 Å². The number of carbonyl (C=O) groups is 3. The molecule has 1 N–H and O–H groups in total. The minimum absolute atomic E-state index is 0.0523. The lowest BCUT2D eigenvalue weighted by Gasteiger charge is -2.38. The van der Waals surface area contributed by atoms with Crippen LogP contribution in [0.15, 0.2) is 54.6 Å². The molecule has 3 amide bonds. The van der Waals surface area contributed by atoms with Gasteiger partial charge in [-0.3, -0.25) is 14.5 Å². The molecule has 0 saturated heterocycles. The molecule has 4 rings (SSSR count). The molecule has 0 unspecified atom stereocenters. The fourth-order valence-corrected chi connectivity index (χ4v) is 3.53. The molecule has 6 nitrogen and oxygen atoms in total. The van der Waals surface area contributed by atoms with Crippen LogP contribution < -0.4 is 5.32 Å². The fourth-order valence-electron chi connectivity index (χ4n) is 3.53. The zero-order valence-electron chi connectivity index (χ0n) is 14.8. The molecule has 0 spiro atoms. The Morgan fingerprint density at radius 1 is 0.963 bits per heavy atom. The van der Waals surface area contributed by atoms with E-state index < -0.39 is 6.09 Å². The van der Waals surface area contributed by atoms with Gasteiger partial charge in [-0.25, -0.2) is 4.79 Å². The van der Waals surface area contributed by atoms with Crippen molar-refractivity contribution in [1.29, 1.82) is 0 Å². The Morgan fingerprint density at radius 3 is 2.19 bits per heavy atom. The molecule has 138 valence electrons. The Balaban J connectivity index is 1.30. The number of nitrogens with one attached hydrogen (secondary N) is 1. The number of hydrogen-bond donors (Lipinski definition) is 1. The lowest BCUT2D eigenvalue weighted by molar-refractivity contribution is 0.0565. The van der Waals surface area contributed by atoms with Gasteiger partial charge in [0.1, 0.15) is 6.61 Å². The van der Waals surface area contributed by atoms with Gasteiger partial charge in [0.2, 0.25) is 0 Å². The maximum absolute atomic E-state index is 12.5. The molecule has 2 aliphatic rings. The van der Waals surface area contributed by atoms with E-state index in [9.17, 15) is 14.4 Å². The van der Waals surface area contributed by atoms with Crippen LogP contribution in [0.3, 0.4) is 0 Å². The summed E-state index contributed by atoms with van der Waals surface area (Å²) in [6.07, 6.45) is 1.20. The van der Waals surface area contributed by atoms with Crippen molar-refractivity contribution in [2.24, 2.45) is 5.92 Å². The summed E-state index contributed by atoms with van der Waals surface area (Å²) in [4.78, 5) is 38.2. The van der Waals surface area contributed by atoms with E-state index in [0.717, 1.165) is 18.4 Å². The molecular formula is C21H20N2O4. The van der Waals surface area contributed by atoms with Gasteiger partial charge in [-0.2, -0.15) is 0 Å². The first-order valence-electron chi connectivity index (χ1n) is 9.06. The standard InChI is InChI=1S/C21H20N2O4/c24-19-16-8-4-5-9-17(16)20(25)23(19)12-15-10-11-18(15)22-21(26)27-13-14-6-2-1-3-7-14/h1-9,15,18H,10-13H2,(H,22,26)/t15-,18+/m1/s1. The molecule has 2 aromatic carbocycles. The van der Waals surface area contributed by atoms with Crippen LogP contribution in [-0.4, -0.2) is 35.4 Å². The summed E-state index contributed by atoms with van der Waals surface area (Å²) in [6, 6.07) is 16.2. The monoisotopic (exact) mass is 364 g/mol. The normalized spacial score (nSPS) is 20.8. The second-order valence-corrected chi connectivity index (χ2v) is 6.92. The third-order valence-corrected chi connectivity index (χ3v) is 5.23. The molecule has 2 atom stereocenters. The van der Waals surface area contributed by atoms with E-state index in [2.05, 4.69) is 5.32 Å². The predicted octanol–water partition coefficient (Wildman–Crippen LogP) is 2.99. The molecular weight excluding hydrogens is 344 g/mol. The SMILES string of the molecule is O=C(N[C@H]1CC[C@@H]1CN1C(=O)c2ccccc2C1=O)OCc1ccccc1. The molecule has 6 heteroatoms. The summed E-state index contributed by atoms with van der Waals surface area (Å²) >= 11 is 0. The average molecular weight is 364 g/mol. The van der Waals surface area contributed by atoms with Crippen LogP contribution in [0.5, 0.6) is 0 Å². The lowest BCUT2D eigenvalue weighted by Crippen LogP contribution is -2.51. The predicted molar refractivity (Wildman–Crippen MR) is 98.1 cm³/mol. The van der Waals surface area contributed by atoms with Gasteiger partial charge < -0.3 is 10.1 Å². The summed E-state index contributed by atoms with van der Waals surface area (Å²) in [6.45, 7) is 0.526. The van der Waals surface area contributed by atoms with E-state index in [1.807, 2.05) is 30.3 Å². The maximum atomic E-state index is 12.5. The van der Waals surface area contributed by atoms with Crippen LogP contribution in [0.2, 0.25) is 0 Å². The van der Waals surface area contributed by atoms with Crippen molar-refractivity contribution in [3.8, 4) is 0 Å². The van der Waals surface area contributed by atoms with Crippen molar-refractivity contribution in [3.05, 3.63) is 71.3 Å². The van der Waals surface area contributed by atoms with E-state index in [-0.39, 0.29) is 30.4 Å². The van der Waals surface area contributed by atoms with Crippen LogP contribution in [0.25, 0.3) is 0 Å². The van der Waals surface area contributed by atoms with Crippen LogP contribution in [-0.2, 0) is 11.3 Å². The van der Waals surface area contributed by atoms with Gasteiger partial charge in [0.25, 0.3) is 11.8 Å². The first-order valence-corrected chi connectivity index (χ1v) is 9.06. The van der Waals surface area contributed by atoms with E-state index in [1.165, 1.54) is 4.90 Å². The summed E-state index contributed by atoms with van der Waals surface area (Å²) in [5.74, 6) is -0.461. The molecule has 1 saturated carbocycles. The Labute approximate surface area is 157 Å². The molecule has 1 heterocycles. The first kappa shape index (κ1) is 17.3. The second-order valence-electron chi connectivity index (χ2n) is 6.92. The summed E-state index contributed by atoms with van der Waals surface area (Å²) in [7, 11) is 0. The number of nitrogens with zero attached hydrogens (tertiary/aromatic N) is 1. The number of fused-ring (bicyclic) bond motifs is 1. The molecule has 2 aromatic rings. The zero-order valence-corrected chi connectivity index (χ0v) is 14.8. The van der Waals surface area contributed by atoms with Crippen molar-refractivity contribution in [2.75, 3.05) is 6.54 Å². The van der Waals surface area contributed by atoms with Crippen LogP contribution in [0.4, 0.5) is 4.79 Å². The van der Waals surface area contributed by atoms with Crippen molar-refractivity contribution >= 4 is 17.9 Å². The number of alkyl carbamates (subject to hydrolysis) is 1. The van der Waals surface area contributed by atoms with Crippen molar-refractivity contribution < 1.29 is 19.1 Å². The Kier molecular flexibility index (Phi) is 4.62. The van der Waals surface area contributed by atoms with Gasteiger partial charge in [0.05, 0.1) is 11.1 Å². The van der Waals surface area contributed by atoms with Gasteiger partial charge in [-0.05, 0) is 36.5 Å². The average Bonchev–Trinajstić information content (AvgIpc) is 2.93. The number of rotatable bonds is 5. The lowest BCUT2D eigenvalue weighted by atomic mass is 9.79. The highest BCUT2D eigenvalue weighted by Crippen LogP contribution is 2.31. The second kappa shape index (κ2) is 7.23. The smallest absolute Gasteiger partial charge is 0.407 e. The highest BCUT2D eigenvalue weighted by molar-refractivity contribution is 6.21. The molecule has 0 bridgehead atoms. The van der Waals surface area contributed by atoms with Gasteiger partial charge in [0, 0.05) is 12.6 Å². The van der Waals surface area contributed by atoms with Crippen LogP contribution in [0, 0.1) is 5.92 Å². The topological polar surface area (TPSA) is 75.7 Å². The third-order valence-electron chi connectivity index (χ3n) is 5.23. The molecule has 1 aliphatic carbocycles. The number of amides is 3. The van der Waals surface area contributed by atoms with Crippen LogP contribution >= 0.6 is 0 Å². The Morgan fingerprint density at radius 2 is 1.59 bits per heavy atom. The number of imide groups is 1. The van der Waals surface area contributed by atoms with Crippen molar-refractivity contribution in [1.82, 2.24) is 10.2 Å². The summed E-state index contributed by atoms with van der Waals surface area (Å²) in [5, 5.41) is 2.85. The minimum Gasteiger partial charge on any atom is -0.445 e. The van der Waals surface area contributed by atoms with Crippen molar-refractivity contribution in [2.45, 2.75) is 25.5 Å². The van der Waals surface area contributed by atoms with Gasteiger partial charge in [-0.1, -0.05) is 42.5 Å². The van der Waals surface area contributed by atoms with E-state index in [0.29, 0.717) is 17.7 Å². The molecule has 1 aliphatic heterocycles. The number of carbonyl (C=O) groups excluding carboxylic acids is 3. The van der Waals surface area contributed by atoms with Gasteiger partial charge in [-0.15, -0.1) is 0 Å².